The molecule has 31 heavy (non-hydrogen) atoms. The molecule has 4 aromatic rings. The van der Waals surface area contributed by atoms with Crippen LogP contribution in [-0.4, -0.2) is 36.7 Å². The Bertz CT molecular complexity index is 1220. The molecule has 0 spiro atoms. The monoisotopic (exact) mass is 435 g/mol. The number of anilines is 1. The van der Waals surface area contributed by atoms with Gasteiger partial charge < -0.3 is 19.5 Å². The Morgan fingerprint density at radius 3 is 2.61 bits per heavy atom. The molecule has 0 fully saturated rings. The van der Waals surface area contributed by atoms with Crippen LogP contribution in [0.3, 0.4) is 0 Å². The number of benzene rings is 2. The number of rotatable bonds is 7. The normalized spacial score (nSPS) is 10.7. The van der Waals surface area contributed by atoms with Gasteiger partial charge in [-0.1, -0.05) is 29.8 Å². The topological polar surface area (TPSA) is 82.6 Å². The lowest BCUT2D eigenvalue weighted by atomic mass is 10.0. The highest BCUT2D eigenvalue weighted by atomic mass is 32.1. The minimum Gasteiger partial charge on any atom is -0.497 e. The molecule has 0 radical (unpaired) electrons. The zero-order valence-corrected chi connectivity index (χ0v) is 18.2. The molecule has 2 heterocycles. The maximum absolute atomic E-state index is 12.5. The van der Waals surface area contributed by atoms with Crippen molar-refractivity contribution in [3.63, 3.8) is 0 Å². The summed E-state index contributed by atoms with van der Waals surface area (Å²) in [5, 5.41) is 5.61. The quantitative estimate of drug-likeness (QED) is 0.453. The predicted octanol–water partition coefficient (Wildman–Crippen LogP) is 4.70. The van der Waals surface area contributed by atoms with Gasteiger partial charge in [0.15, 0.2) is 6.61 Å². The van der Waals surface area contributed by atoms with Crippen LogP contribution in [0.25, 0.3) is 21.3 Å². The molecule has 0 aliphatic heterocycles. The number of hydrogen-bond acceptors (Lipinski definition) is 7. The van der Waals surface area contributed by atoms with Gasteiger partial charge in [0.05, 0.1) is 25.3 Å². The zero-order chi connectivity index (χ0) is 21.8. The second kappa shape index (κ2) is 9.01. The SMILES string of the molecule is COc1ccc(OC)c(NC(=O)COc2ncnc3scc(-c4ccc(C)cc4)c23)c1. The van der Waals surface area contributed by atoms with E-state index in [0.29, 0.717) is 23.1 Å². The van der Waals surface area contributed by atoms with Gasteiger partial charge in [0.2, 0.25) is 5.88 Å². The number of methoxy groups -OCH3 is 2. The Labute approximate surface area is 183 Å². The van der Waals surface area contributed by atoms with E-state index in [4.69, 9.17) is 14.2 Å². The standard InChI is InChI=1S/C23H21N3O4S/c1-14-4-6-15(7-5-14)17-12-31-23-21(17)22(24-13-25-23)30-11-20(27)26-18-10-16(28-2)8-9-19(18)29-3/h4-10,12-13H,11H2,1-3H3,(H,26,27). The van der Waals surface area contributed by atoms with Gasteiger partial charge in [-0.2, -0.15) is 0 Å². The van der Waals surface area contributed by atoms with E-state index in [0.717, 1.165) is 21.3 Å². The highest BCUT2D eigenvalue weighted by Crippen LogP contribution is 2.37. The Hall–Kier alpha value is -3.65. The molecule has 0 saturated heterocycles. The molecular formula is C23H21N3O4S. The van der Waals surface area contributed by atoms with Crippen LogP contribution in [0, 0.1) is 6.92 Å². The third-order valence-electron chi connectivity index (χ3n) is 4.72. The first kappa shape index (κ1) is 20.6. The average Bonchev–Trinajstić information content (AvgIpc) is 3.23. The lowest BCUT2D eigenvalue weighted by Crippen LogP contribution is -2.21. The molecule has 0 atom stereocenters. The maximum atomic E-state index is 12.5. The Balaban J connectivity index is 1.55. The van der Waals surface area contributed by atoms with Gasteiger partial charge in [0.1, 0.15) is 22.7 Å². The molecule has 1 N–H and O–H groups in total. The number of aromatic nitrogens is 2. The van der Waals surface area contributed by atoms with Gasteiger partial charge in [0, 0.05) is 17.0 Å². The summed E-state index contributed by atoms with van der Waals surface area (Å²) in [6.07, 6.45) is 1.44. The van der Waals surface area contributed by atoms with Gasteiger partial charge >= 0.3 is 0 Å². The first-order valence-corrected chi connectivity index (χ1v) is 10.4. The Morgan fingerprint density at radius 2 is 1.87 bits per heavy atom. The second-order valence-electron chi connectivity index (χ2n) is 6.78. The van der Waals surface area contributed by atoms with E-state index in [-0.39, 0.29) is 12.5 Å². The fourth-order valence-corrected chi connectivity index (χ4v) is 4.04. The van der Waals surface area contributed by atoms with E-state index < -0.39 is 0 Å². The van der Waals surface area contributed by atoms with Crippen molar-refractivity contribution < 1.29 is 19.0 Å². The van der Waals surface area contributed by atoms with Gasteiger partial charge in [-0.15, -0.1) is 11.3 Å². The molecule has 158 valence electrons. The number of aryl methyl sites for hydroxylation is 1. The number of fused-ring (bicyclic) bond motifs is 1. The number of amides is 1. The minimum absolute atomic E-state index is 0.213. The first-order chi connectivity index (χ1) is 15.1. The largest absolute Gasteiger partial charge is 0.497 e. The van der Waals surface area contributed by atoms with Crippen molar-refractivity contribution >= 4 is 33.1 Å². The van der Waals surface area contributed by atoms with Gasteiger partial charge in [-0.3, -0.25) is 4.79 Å². The number of nitrogens with zero attached hydrogens (tertiary/aromatic N) is 2. The van der Waals surface area contributed by atoms with Gasteiger partial charge in [-0.05, 0) is 24.6 Å². The Kier molecular flexibility index (Phi) is 5.99. The smallest absolute Gasteiger partial charge is 0.262 e. The summed E-state index contributed by atoms with van der Waals surface area (Å²) in [6, 6.07) is 13.4. The number of thiophene rings is 1. The number of nitrogens with one attached hydrogen (secondary N) is 1. The molecule has 8 heteroatoms. The molecule has 0 saturated carbocycles. The molecule has 0 aliphatic carbocycles. The number of carbonyl (C=O) groups is 1. The van der Waals surface area contributed by atoms with Crippen LogP contribution in [0.2, 0.25) is 0 Å². The van der Waals surface area contributed by atoms with Crippen molar-refractivity contribution in [2.45, 2.75) is 6.92 Å². The summed E-state index contributed by atoms with van der Waals surface area (Å²) >= 11 is 1.51. The molecule has 7 nitrogen and oxygen atoms in total. The second-order valence-corrected chi connectivity index (χ2v) is 7.64. The molecular weight excluding hydrogens is 414 g/mol. The number of hydrogen-bond donors (Lipinski definition) is 1. The Morgan fingerprint density at radius 1 is 1.06 bits per heavy atom. The number of carbonyl (C=O) groups excluding carboxylic acids is 1. The molecule has 1 amide bonds. The van der Waals surface area contributed by atoms with Crippen LogP contribution in [0.1, 0.15) is 5.56 Å². The fraction of sp³-hybridized carbons (Fsp3) is 0.174. The van der Waals surface area contributed by atoms with Crippen LogP contribution in [0.15, 0.2) is 54.2 Å². The zero-order valence-electron chi connectivity index (χ0n) is 17.3. The maximum Gasteiger partial charge on any atom is 0.262 e. The number of ether oxygens (including phenoxy) is 3. The molecule has 0 bridgehead atoms. The summed E-state index contributed by atoms with van der Waals surface area (Å²) in [5.41, 5.74) is 3.70. The highest BCUT2D eigenvalue weighted by Gasteiger charge is 2.16. The molecule has 0 unspecified atom stereocenters. The van der Waals surface area contributed by atoms with Gasteiger partial charge in [0.25, 0.3) is 5.91 Å². The van der Waals surface area contributed by atoms with Crippen molar-refractivity contribution in [1.29, 1.82) is 0 Å². The van der Waals surface area contributed by atoms with Crippen molar-refractivity contribution in [2.75, 3.05) is 26.1 Å². The summed E-state index contributed by atoms with van der Waals surface area (Å²) in [4.78, 5) is 22.0. The summed E-state index contributed by atoms with van der Waals surface area (Å²) in [5.74, 6) is 1.16. The summed E-state index contributed by atoms with van der Waals surface area (Å²) < 4.78 is 16.3. The van der Waals surface area contributed by atoms with Crippen molar-refractivity contribution in [1.82, 2.24) is 9.97 Å². The fourth-order valence-electron chi connectivity index (χ4n) is 3.13. The molecule has 0 aliphatic rings. The summed E-state index contributed by atoms with van der Waals surface area (Å²) in [7, 11) is 3.10. The van der Waals surface area contributed by atoms with Crippen LogP contribution in [0.5, 0.6) is 17.4 Å². The third-order valence-corrected chi connectivity index (χ3v) is 5.61. The molecule has 2 aromatic heterocycles. The predicted molar refractivity (Wildman–Crippen MR) is 121 cm³/mol. The van der Waals surface area contributed by atoms with Gasteiger partial charge in [-0.25, -0.2) is 9.97 Å². The van der Waals surface area contributed by atoms with E-state index in [1.165, 1.54) is 30.3 Å². The average molecular weight is 436 g/mol. The lowest BCUT2D eigenvalue weighted by Gasteiger charge is -2.12. The van der Waals surface area contributed by atoms with Crippen molar-refractivity contribution in [2.24, 2.45) is 0 Å². The van der Waals surface area contributed by atoms with E-state index in [2.05, 4.69) is 39.6 Å². The van der Waals surface area contributed by atoms with E-state index in [1.807, 2.05) is 12.3 Å². The van der Waals surface area contributed by atoms with Crippen molar-refractivity contribution in [3.05, 3.63) is 59.7 Å². The molecule has 2 aromatic carbocycles. The third kappa shape index (κ3) is 4.44. The van der Waals surface area contributed by atoms with Crippen molar-refractivity contribution in [3.8, 4) is 28.5 Å². The summed E-state index contributed by atoms with van der Waals surface area (Å²) in [6.45, 7) is 1.83. The highest BCUT2D eigenvalue weighted by molar-refractivity contribution is 7.17. The van der Waals surface area contributed by atoms with Crippen LogP contribution >= 0.6 is 11.3 Å². The van der Waals surface area contributed by atoms with E-state index >= 15 is 0 Å². The molecule has 4 rings (SSSR count). The first-order valence-electron chi connectivity index (χ1n) is 9.53. The lowest BCUT2D eigenvalue weighted by molar-refractivity contribution is -0.118. The minimum atomic E-state index is -0.342. The van der Waals surface area contributed by atoms with E-state index in [1.54, 1.807) is 25.3 Å². The van der Waals surface area contributed by atoms with Crippen LogP contribution in [-0.2, 0) is 4.79 Å². The van der Waals surface area contributed by atoms with Crippen LogP contribution < -0.4 is 19.5 Å². The van der Waals surface area contributed by atoms with Crippen LogP contribution in [0.4, 0.5) is 5.69 Å². The van der Waals surface area contributed by atoms with E-state index in [9.17, 15) is 4.79 Å².